The van der Waals surface area contributed by atoms with Gasteiger partial charge in [0.1, 0.15) is 23.8 Å². The predicted octanol–water partition coefficient (Wildman–Crippen LogP) is 2.36. The average Bonchev–Trinajstić information content (AvgIpc) is 2.96. The summed E-state index contributed by atoms with van der Waals surface area (Å²) in [5.41, 5.74) is 2.82. The summed E-state index contributed by atoms with van der Waals surface area (Å²) in [6.07, 6.45) is 0.780. The van der Waals surface area contributed by atoms with Crippen molar-refractivity contribution >= 4 is 18.2 Å². The number of hydrogen-bond donors (Lipinski definition) is 2. The highest BCUT2D eigenvalue weighted by Gasteiger charge is 2.47. The Labute approximate surface area is 233 Å². The van der Waals surface area contributed by atoms with Crippen LogP contribution in [0.5, 0.6) is 5.75 Å². The van der Waals surface area contributed by atoms with Gasteiger partial charge in [0, 0.05) is 33.6 Å². The summed E-state index contributed by atoms with van der Waals surface area (Å²) in [6.45, 7) is 1.55. The number of likely N-dealkylation sites (N-methyl/N-ethyl adjacent to an activating group) is 2. The van der Waals surface area contributed by atoms with E-state index >= 15 is 0 Å². The van der Waals surface area contributed by atoms with Gasteiger partial charge in [-0.15, -0.1) is 0 Å². The van der Waals surface area contributed by atoms with E-state index in [0.717, 1.165) is 16.7 Å². The smallest absolute Gasteiger partial charge is 0.246 e. The number of hydrazine groups is 1. The van der Waals surface area contributed by atoms with E-state index in [0.29, 0.717) is 32.5 Å². The molecule has 3 amide bonds. The number of nitrogens with one attached hydrogen (secondary N) is 1. The van der Waals surface area contributed by atoms with Gasteiger partial charge < -0.3 is 20.2 Å². The first kappa shape index (κ1) is 28.7. The van der Waals surface area contributed by atoms with Gasteiger partial charge in [0.15, 0.2) is 0 Å². The van der Waals surface area contributed by atoms with Gasteiger partial charge in [-0.25, -0.2) is 14.4 Å². The van der Waals surface area contributed by atoms with Crippen LogP contribution in [0.15, 0.2) is 78.9 Å². The number of aromatic hydroxyl groups is 1. The van der Waals surface area contributed by atoms with Crippen molar-refractivity contribution in [1.29, 1.82) is 0 Å². The van der Waals surface area contributed by atoms with Crippen LogP contribution in [-0.2, 0) is 33.9 Å². The molecular formula is C30H34FN5O4. The highest BCUT2D eigenvalue weighted by molar-refractivity contribution is 5.90. The summed E-state index contributed by atoms with van der Waals surface area (Å²) in [5.74, 6) is -0.381. The van der Waals surface area contributed by atoms with Crippen molar-refractivity contribution in [3.63, 3.8) is 0 Å². The molecule has 210 valence electrons. The van der Waals surface area contributed by atoms with Crippen molar-refractivity contribution in [3.8, 4) is 5.75 Å². The molecule has 0 bridgehead atoms. The summed E-state index contributed by atoms with van der Waals surface area (Å²) in [5, 5.41) is 16.0. The van der Waals surface area contributed by atoms with E-state index in [9.17, 15) is 23.9 Å². The summed E-state index contributed by atoms with van der Waals surface area (Å²) >= 11 is 0. The van der Waals surface area contributed by atoms with E-state index in [1.54, 1.807) is 46.2 Å². The van der Waals surface area contributed by atoms with E-state index in [-0.39, 0.29) is 36.1 Å². The van der Waals surface area contributed by atoms with Gasteiger partial charge in [-0.1, -0.05) is 54.6 Å². The Morgan fingerprint density at radius 1 is 0.925 bits per heavy atom. The molecule has 9 nitrogen and oxygen atoms in total. The number of rotatable bonds is 7. The summed E-state index contributed by atoms with van der Waals surface area (Å²) < 4.78 is 13.3. The number of halogens is 1. The highest BCUT2D eigenvalue weighted by atomic mass is 19.1. The second kappa shape index (κ2) is 13.2. The summed E-state index contributed by atoms with van der Waals surface area (Å²) in [6, 6.07) is 21.9. The average molecular weight is 548 g/mol. The zero-order valence-electron chi connectivity index (χ0n) is 22.6. The number of benzene rings is 3. The number of fused-ring (bicyclic) bond motifs is 1. The Hall–Kier alpha value is -4.28. The first-order chi connectivity index (χ1) is 19.3. The normalized spacial score (nSPS) is 19.5. The second-order valence-corrected chi connectivity index (χ2v) is 9.89. The first-order valence-electron chi connectivity index (χ1n) is 13.0. The molecule has 3 aromatic rings. The van der Waals surface area contributed by atoms with Crippen molar-refractivity contribution < 1.29 is 23.9 Å². The molecule has 2 saturated heterocycles. The number of carbonyl (C=O) groups is 3. The third kappa shape index (κ3) is 7.02. The molecule has 0 spiro atoms. The predicted molar refractivity (Wildman–Crippen MR) is 148 cm³/mol. The Morgan fingerprint density at radius 2 is 1.57 bits per heavy atom. The van der Waals surface area contributed by atoms with E-state index in [1.807, 2.05) is 54.4 Å². The van der Waals surface area contributed by atoms with E-state index < -0.39 is 6.04 Å². The molecule has 40 heavy (non-hydrogen) atoms. The Kier molecular flexibility index (Phi) is 9.47. The van der Waals surface area contributed by atoms with Crippen molar-refractivity contribution in [1.82, 2.24) is 25.1 Å². The molecule has 3 aromatic carbocycles. The van der Waals surface area contributed by atoms with Crippen molar-refractivity contribution in [3.05, 3.63) is 101 Å². The maximum absolute atomic E-state index is 13.4. The van der Waals surface area contributed by atoms with Gasteiger partial charge in [-0.3, -0.25) is 14.4 Å². The molecular weight excluding hydrogens is 513 g/mol. The fourth-order valence-corrected chi connectivity index (χ4v) is 4.92. The molecule has 2 atom stereocenters. The topological polar surface area (TPSA) is 96.4 Å². The van der Waals surface area contributed by atoms with Crippen molar-refractivity contribution in [2.45, 2.75) is 31.7 Å². The van der Waals surface area contributed by atoms with Crippen molar-refractivity contribution in [2.75, 3.05) is 27.2 Å². The quantitative estimate of drug-likeness (QED) is 0.441. The molecule has 10 heteroatoms. The number of hydrogen-bond acceptors (Lipinski definition) is 6. The fourth-order valence-electron chi connectivity index (χ4n) is 4.92. The number of piperazine rings is 1. The van der Waals surface area contributed by atoms with Crippen LogP contribution in [0.4, 0.5) is 4.39 Å². The molecule has 2 heterocycles. The first-order valence-corrected chi connectivity index (χ1v) is 13.0. The largest absolute Gasteiger partial charge is 0.508 e. The van der Waals surface area contributed by atoms with E-state index in [1.165, 1.54) is 12.1 Å². The molecule has 2 N–H and O–H groups in total. The Bertz CT molecular complexity index is 1290. The molecule has 0 radical (unpaired) electrons. The standard InChI is InChI=1S/C22H25FN4O3.C8H9NO/c1-24-14-21(29)27-19(11-15-5-9-18(28)10-6-15)22(30)26(13-20(27)25(24)2)12-16-3-7-17(23)8-4-16;10-7-9-6-8-4-2-1-3-5-8/h3-10,19-20,28H,11-14H2,1-2H3;1-5,7H,6H2,(H,9,10)/t19-,20?;/m0./s1. The maximum atomic E-state index is 13.4. The van der Waals surface area contributed by atoms with Crippen LogP contribution in [0, 0.1) is 5.82 Å². The van der Waals surface area contributed by atoms with Crippen LogP contribution >= 0.6 is 0 Å². The van der Waals surface area contributed by atoms with Crippen LogP contribution in [0.2, 0.25) is 0 Å². The van der Waals surface area contributed by atoms with E-state index in [2.05, 4.69) is 5.32 Å². The fraction of sp³-hybridized carbons (Fsp3) is 0.300. The second-order valence-electron chi connectivity index (χ2n) is 9.89. The molecule has 1 unspecified atom stereocenters. The van der Waals surface area contributed by atoms with Crippen LogP contribution in [0.25, 0.3) is 0 Å². The lowest BCUT2D eigenvalue weighted by atomic mass is 9.98. The monoisotopic (exact) mass is 547 g/mol. The number of nitrogens with zero attached hydrogens (tertiary/aromatic N) is 4. The number of phenolic OH excluding ortho intramolecular Hbond substituents is 1. The van der Waals surface area contributed by atoms with Crippen LogP contribution in [0.3, 0.4) is 0 Å². The lowest BCUT2D eigenvalue weighted by Gasteiger charge is -2.54. The van der Waals surface area contributed by atoms with Crippen LogP contribution in [-0.4, -0.2) is 82.5 Å². The zero-order valence-corrected chi connectivity index (χ0v) is 22.6. The van der Waals surface area contributed by atoms with Gasteiger partial charge >= 0.3 is 0 Å². The number of carbonyl (C=O) groups excluding carboxylic acids is 3. The van der Waals surface area contributed by atoms with Crippen LogP contribution in [0.1, 0.15) is 16.7 Å². The lowest BCUT2D eigenvalue weighted by Crippen LogP contribution is -2.73. The minimum atomic E-state index is -0.641. The third-order valence-corrected chi connectivity index (χ3v) is 7.14. The zero-order chi connectivity index (χ0) is 28.6. The van der Waals surface area contributed by atoms with Gasteiger partial charge in [0.05, 0.1) is 13.1 Å². The molecule has 0 saturated carbocycles. The van der Waals surface area contributed by atoms with Crippen molar-refractivity contribution in [2.24, 2.45) is 0 Å². The highest BCUT2D eigenvalue weighted by Crippen LogP contribution is 2.28. The Morgan fingerprint density at radius 3 is 2.23 bits per heavy atom. The summed E-state index contributed by atoms with van der Waals surface area (Å²) in [4.78, 5) is 39.6. The molecule has 2 aliphatic rings. The summed E-state index contributed by atoms with van der Waals surface area (Å²) in [7, 11) is 3.76. The van der Waals surface area contributed by atoms with Gasteiger partial charge in [-0.2, -0.15) is 0 Å². The van der Waals surface area contributed by atoms with Crippen LogP contribution < -0.4 is 5.32 Å². The molecule has 2 aliphatic heterocycles. The molecule has 0 aromatic heterocycles. The van der Waals surface area contributed by atoms with E-state index in [4.69, 9.17) is 0 Å². The van der Waals surface area contributed by atoms with Gasteiger partial charge in [0.25, 0.3) is 0 Å². The number of phenols is 1. The third-order valence-electron chi connectivity index (χ3n) is 7.14. The minimum absolute atomic E-state index is 0.0841. The molecule has 2 fully saturated rings. The lowest BCUT2D eigenvalue weighted by molar-refractivity contribution is -0.193. The SMILES string of the molecule is CN1CC(=O)N2C(CN(Cc3ccc(F)cc3)C(=O)[C@@H]2Cc2ccc(O)cc2)N1C.O=CNCc1ccccc1. The number of amides is 3. The van der Waals surface area contributed by atoms with Gasteiger partial charge in [0.2, 0.25) is 18.2 Å². The molecule has 5 rings (SSSR count). The maximum Gasteiger partial charge on any atom is 0.246 e. The van der Waals surface area contributed by atoms with Gasteiger partial charge in [-0.05, 0) is 41.0 Å². The minimum Gasteiger partial charge on any atom is -0.508 e. The Balaban J connectivity index is 0.000000312. The molecule has 0 aliphatic carbocycles.